The van der Waals surface area contributed by atoms with Gasteiger partial charge in [-0.25, -0.2) is 0 Å². The number of benzene rings is 1. The number of aliphatic hydroxyl groups excluding tert-OH is 1. The molecule has 3 N–H and O–H groups in total. The average molecular weight is 274 g/mol. The van der Waals surface area contributed by atoms with Crippen LogP contribution in [0, 0.1) is 5.92 Å². The first-order valence-electron chi connectivity index (χ1n) is 5.95. The quantitative estimate of drug-likeness (QED) is 0.866. The Labute approximate surface area is 112 Å². The first-order chi connectivity index (χ1) is 8.11. The van der Waals surface area contributed by atoms with Crippen LogP contribution in [0.2, 0.25) is 10.0 Å². The topological polar surface area (TPSA) is 46.2 Å². The lowest BCUT2D eigenvalue weighted by atomic mass is 9.90. The van der Waals surface area contributed by atoms with Crippen LogP contribution in [0.1, 0.15) is 30.7 Å². The zero-order valence-electron chi connectivity index (χ0n) is 9.57. The van der Waals surface area contributed by atoms with Crippen molar-refractivity contribution in [3.8, 4) is 0 Å². The van der Waals surface area contributed by atoms with Crippen LogP contribution < -0.4 is 5.73 Å². The fourth-order valence-electron chi connectivity index (χ4n) is 2.15. The normalized spacial score (nSPS) is 19.1. The molecule has 17 heavy (non-hydrogen) atoms. The van der Waals surface area contributed by atoms with Gasteiger partial charge in [-0.15, -0.1) is 0 Å². The lowest BCUT2D eigenvalue weighted by Crippen LogP contribution is -2.26. The van der Waals surface area contributed by atoms with Gasteiger partial charge in [0.05, 0.1) is 6.10 Å². The van der Waals surface area contributed by atoms with Crippen molar-refractivity contribution in [2.24, 2.45) is 11.7 Å². The predicted octanol–water partition coefficient (Wildman–Crippen LogP) is 3.20. The molecule has 0 aromatic heterocycles. The second kappa shape index (κ2) is 5.57. The van der Waals surface area contributed by atoms with Gasteiger partial charge in [0.1, 0.15) is 0 Å². The van der Waals surface area contributed by atoms with Crippen LogP contribution in [0.5, 0.6) is 0 Å². The molecular weight excluding hydrogens is 257 g/mol. The van der Waals surface area contributed by atoms with Gasteiger partial charge in [-0.05, 0) is 30.0 Å². The largest absolute Gasteiger partial charge is 0.392 e. The molecule has 1 aliphatic carbocycles. The van der Waals surface area contributed by atoms with Crippen LogP contribution in [0.15, 0.2) is 18.2 Å². The lowest BCUT2D eigenvalue weighted by molar-refractivity contribution is 0.129. The Bertz CT molecular complexity index is 393. The molecule has 1 aromatic rings. The summed E-state index contributed by atoms with van der Waals surface area (Å²) in [5.41, 5.74) is 6.65. The van der Waals surface area contributed by atoms with E-state index in [2.05, 4.69) is 0 Å². The van der Waals surface area contributed by atoms with Crippen molar-refractivity contribution >= 4 is 23.2 Å². The number of hydrogen-bond acceptors (Lipinski definition) is 2. The molecule has 2 rings (SSSR count). The fraction of sp³-hybridized carbons (Fsp3) is 0.538. The Morgan fingerprint density at radius 3 is 2.59 bits per heavy atom. The van der Waals surface area contributed by atoms with Gasteiger partial charge in [0, 0.05) is 22.5 Å². The molecule has 2 atom stereocenters. The van der Waals surface area contributed by atoms with Crippen LogP contribution in [0.4, 0.5) is 0 Å². The van der Waals surface area contributed by atoms with Gasteiger partial charge in [0.15, 0.2) is 0 Å². The molecule has 0 aliphatic heterocycles. The highest BCUT2D eigenvalue weighted by molar-refractivity contribution is 6.35. The molecule has 2 nitrogen and oxygen atoms in total. The number of nitrogens with two attached hydrogens (primary N) is 1. The fourth-order valence-corrected chi connectivity index (χ4v) is 2.70. The van der Waals surface area contributed by atoms with Crippen LogP contribution in [-0.4, -0.2) is 17.8 Å². The lowest BCUT2D eigenvalue weighted by Gasteiger charge is -2.23. The summed E-state index contributed by atoms with van der Waals surface area (Å²) in [7, 11) is 0. The molecule has 0 radical (unpaired) electrons. The minimum atomic E-state index is -0.411. The van der Waals surface area contributed by atoms with Gasteiger partial charge >= 0.3 is 0 Å². The van der Waals surface area contributed by atoms with Gasteiger partial charge in [-0.1, -0.05) is 42.1 Å². The van der Waals surface area contributed by atoms with Gasteiger partial charge in [-0.3, -0.25) is 0 Å². The second-order valence-corrected chi connectivity index (χ2v) is 5.60. The Kier molecular flexibility index (Phi) is 4.31. The predicted molar refractivity (Wildman–Crippen MR) is 71.6 cm³/mol. The Morgan fingerprint density at radius 1 is 1.35 bits per heavy atom. The molecule has 0 saturated heterocycles. The van der Waals surface area contributed by atoms with E-state index in [1.165, 1.54) is 12.8 Å². The highest BCUT2D eigenvalue weighted by atomic mass is 35.5. The molecule has 1 fully saturated rings. The molecular formula is C13H17Cl2NO. The molecule has 4 heteroatoms. The zero-order chi connectivity index (χ0) is 12.4. The molecule has 1 aromatic carbocycles. The van der Waals surface area contributed by atoms with Crippen LogP contribution in [-0.2, 0) is 0 Å². The van der Waals surface area contributed by atoms with Crippen LogP contribution >= 0.6 is 23.2 Å². The maximum Gasteiger partial charge on any atom is 0.0624 e. The summed E-state index contributed by atoms with van der Waals surface area (Å²) in [6.45, 7) is 0.398. The molecule has 0 heterocycles. The minimum absolute atomic E-state index is 0.0969. The van der Waals surface area contributed by atoms with Gasteiger partial charge < -0.3 is 10.8 Å². The summed E-state index contributed by atoms with van der Waals surface area (Å²) in [5, 5.41) is 11.4. The van der Waals surface area contributed by atoms with Crippen LogP contribution in [0.25, 0.3) is 0 Å². The van der Waals surface area contributed by atoms with E-state index in [0.29, 0.717) is 22.5 Å². The first-order valence-corrected chi connectivity index (χ1v) is 6.70. The standard InChI is InChI=1S/C13H17Cl2NO/c14-9-3-4-10(12(15)6-9)11(7-16)13(17)5-8-1-2-8/h3-4,6,8,11,13,17H,1-2,5,7,16H2. The summed E-state index contributed by atoms with van der Waals surface area (Å²) in [5.74, 6) is 0.575. The Hall–Kier alpha value is -0.280. The summed E-state index contributed by atoms with van der Waals surface area (Å²) in [4.78, 5) is 0. The summed E-state index contributed by atoms with van der Waals surface area (Å²) < 4.78 is 0. The van der Waals surface area contributed by atoms with E-state index in [0.717, 1.165) is 12.0 Å². The molecule has 1 saturated carbocycles. The first kappa shape index (κ1) is 13.2. The van der Waals surface area contributed by atoms with Gasteiger partial charge in [0.25, 0.3) is 0 Å². The summed E-state index contributed by atoms with van der Waals surface area (Å²) in [6.07, 6.45) is 2.86. The highest BCUT2D eigenvalue weighted by Crippen LogP contribution is 2.38. The van der Waals surface area contributed by atoms with Crippen molar-refractivity contribution in [1.82, 2.24) is 0 Å². The highest BCUT2D eigenvalue weighted by Gasteiger charge is 2.29. The average Bonchev–Trinajstić information content (AvgIpc) is 3.06. The minimum Gasteiger partial charge on any atom is -0.392 e. The van der Waals surface area contributed by atoms with E-state index >= 15 is 0 Å². The Balaban J connectivity index is 2.14. The zero-order valence-corrected chi connectivity index (χ0v) is 11.1. The molecule has 2 unspecified atom stereocenters. The maximum atomic E-state index is 10.2. The maximum absolute atomic E-state index is 10.2. The summed E-state index contributed by atoms with van der Waals surface area (Å²) in [6, 6.07) is 5.35. The number of halogens is 2. The van der Waals surface area contributed by atoms with Crippen molar-refractivity contribution in [3.05, 3.63) is 33.8 Å². The van der Waals surface area contributed by atoms with Crippen molar-refractivity contribution < 1.29 is 5.11 Å². The van der Waals surface area contributed by atoms with E-state index in [-0.39, 0.29) is 5.92 Å². The number of rotatable bonds is 5. The molecule has 0 bridgehead atoms. The third kappa shape index (κ3) is 3.35. The third-order valence-corrected chi connectivity index (χ3v) is 3.91. The van der Waals surface area contributed by atoms with E-state index in [9.17, 15) is 5.11 Å². The van der Waals surface area contributed by atoms with Gasteiger partial charge in [0.2, 0.25) is 0 Å². The molecule has 0 spiro atoms. The van der Waals surface area contributed by atoms with E-state index in [4.69, 9.17) is 28.9 Å². The van der Waals surface area contributed by atoms with Crippen molar-refractivity contribution in [3.63, 3.8) is 0 Å². The van der Waals surface area contributed by atoms with E-state index in [1.54, 1.807) is 12.1 Å². The van der Waals surface area contributed by atoms with E-state index < -0.39 is 6.10 Å². The number of aliphatic hydroxyl groups is 1. The molecule has 1 aliphatic rings. The molecule has 94 valence electrons. The van der Waals surface area contributed by atoms with E-state index in [1.807, 2.05) is 6.07 Å². The summed E-state index contributed by atoms with van der Waals surface area (Å²) >= 11 is 12.0. The van der Waals surface area contributed by atoms with Crippen molar-refractivity contribution in [1.29, 1.82) is 0 Å². The molecule has 0 amide bonds. The number of hydrogen-bond donors (Lipinski definition) is 2. The van der Waals surface area contributed by atoms with Crippen LogP contribution in [0.3, 0.4) is 0 Å². The van der Waals surface area contributed by atoms with Crippen molar-refractivity contribution in [2.45, 2.75) is 31.3 Å². The smallest absolute Gasteiger partial charge is 0.0624 e. The third-order valence-electron chi connectivity index (χ3n) is 3.35. The van der Waals surface area contributed by atoms with Crippen molar-refractivity contribution in [2.75, 3.05) is 6.54 Å². The second-order valence-electron chi connectivity index (χ2n) is 4.75. The monoisotopic (exact) mass is 273 g/mol. The van der Waals surface area contributed by atoms with Gasteiger partial charge in [-0.2, -0.15) is 0 Å². The Morgan fingerprint density at radius 2 is 2.06 bits per heavy atom. The SMILES string of the molecule is NCC(c1ccc(Cl)cc1Cl)C(O)CC1CC1.